The van der Waals surface area contributed by atoms with Crippen molar-refractivity contribution in [2.45, 2.75) is 24.3 Å². The number of carbonyl (C=O) groups is 3. The van der Waals surface area contributed by atoms with Gasteiger partial charge in [0.25, 0.3) is 5.91 Å². The van der Waals surface area contributed by atoms with Gasteiger partial charge in [-0.1, -0.05) is 54.1 Å². The van der Waals surface area contributed by atoms with Crippen LogP contribution in [-0.2, 0) is 25.2 Å². The Bertz CT molecular complexity index is 1500. The lowest BCUT2D eigenvalue weighted by Gasteiger charge is -2.34. The van der Waals surface area contributed by atoms with E-state index >= 15 is 0 Å². The normalized spacial score (nSPS) is 20.9. The number of imide groups is 1. The van der Waals surface area contributed by atoms with Gasteiger partial charge in [0, 0.05) is 26.2 Å². The molecule has 0 spiro atoms. The molecule has 192 valence electrons. The number of nitrogens with one attached hydrogen (secondary N) is 1. The van der Waals surface area contributed by atoms with Crippen molar-refractivity contribution in [1.29, 1.82) is 0 Å². The second-order valence-corrected chi connectivity index (χ2v) is 11.5. The van der Waals surface area contributed by atoms with Crippen LogP contribution in [0.25, 0.3) is 10.8 Å². The van der Waals surface area contributed by atoms with Crippen LogP contribution < -0.4 is 5.32 Å². The number of rotatable bonds is 5. The molecule has 3 aromatic carbocycles. The van der Waals surface area contributed by atoms with Crippen LogP contribution >= 0.6 is 0 Å². The summed E-state index contributed by atoms with van der Waals surface area (Å²) in [6.07, 6.45) is 0. The van der Waals surface area contributed by atoms with E-state index < -0.39 is 40.0 Å². The largest absolute Gasteiger partial charge is 0.338 e. The average molecular weight is 521 g/mol. The van der Waals surface area contributed by atoms with Crippen LogP contribution in [0.15, 0.2) is 71.6 Å². The maximum Gasteiger partial charge on any atom is 0.325 e. The highest BCUT2D eigenvalue weighted by atomic mass is 32.2. The lowest BCUT2D eigenvalue weighted by Crippen LogP contribution is -2.53. The van der Waals surface area contributed by atoms with Gasteiger partial charge in [0.1, 0.15) is 12.1 Å². The van der Waals surface area contributed by atoms with Crippen molar-refractivity contribution in [2.24, 2.45) is 0 Å². The fourth-order valence-corrected chi connectivity index (χ4v) is 6.23. The van der Waals surface area contributed by atoms with Gasteiger partial charge in [0.15, 0.2) is 0 Å². The van der Waals surface area contributed by atoms with Gasteiger partial charge >= 0.3 is 6.03 Å². The first kappa shape index (κ1) is 24.9. The molecule has 1 N–H and O–H groups in total. The topological polar surface area (TPSA) is 107 Å². The van der Waals surface area contributed by atoms with Crippen LogP contribution in [0.3, 0.4) is 0 Å². The molecule has 0 saturated carbocycles. The Morgan fingerprint density at radius 2 is 1.57 bits per heavy atom. The zero-order valence-electron chi connectivity index (χ0n) is 20.7. The third-order valence-electron chi connectivity index (χ3n) is 7.15. The molecule has 2 saturated heterocycles. The molecule has 2 aliphatic heterocycles. The standard InChI is InChI=1S/C27H28N4O5S/c1-19-7-11-23(12-8-19)37(35,36)30-15-13-29(14-16-30)24(32)18-31-25(33)27(2,28-26(31)34)22-10-9-20-5-3-4-6-21(20)17-22/h3-12,17H,13-16,18H2,1-2H3,(H,28,34)/t27-/m1/s1. The van der Waals surface area contributed by atoms with E-state index in [2.05, 4.69) is 5.32 Å². The zero-order chi connectivity index (χ0) is 26.4. The summed E-state index contributed by atoms with van der Waals surface area (Å²) >= 11 is 0. The number of benzene rings is 3. The van der Waals surface area contributed by atoms with Crippen molar-refractivity contribution in [1.82, 2.24) is 19.4 Å². The lowest BCUT2D eigenvalue weighted by molar-refractivity contribution is -0.139. The number of sulfonamides is 1. The van der Waals surface area contributed by atoms with E-state index in [0.717, 1.165) is 21.2 Å². The number of amides is 4. The van der Waals surface area contributed by atoms with Gasteiger partial charge < -0.3 is 10.2 Å². The molecule has 5 rings (SSSR count). The Morgan fingerprint density at radius 1 is 0.919 bits per heavy atom. The lowest BCUT2D eigenvalue weighted by atomic mass is 9.90. The number of piperazine rings is 1. The molecule has 0 radical (unpaired) electrons. The van der Waals surface area contributed by atoms with Gasteiger partial charge in [-0.2, -0.15) is 4.31 Å². The minimum Gasteiger partial charge on any atom is -0.338 e. The minimum absolute atomic E-state index is 0.136. The summed E-state index contributed by atoms with van der Waals surface area (Å²) in [4.78, 5) is 41.8. The Kier molecular flexibility index (Phi) is 6.25. The molecule has 37 heavy (non-hydrogen) atoms. The molecule has 0 bridgehead atoms. The number of fused-ring (bicyclic) bond motifs is 1. The van der Waals surface area contributed by atoms with Gasteiger partial charge in [0.05, 0.1) is 4.90 Å². The second-order valence-electron chi connectivity index (χ2n) is 9.61. The van der Waals surface area contributed by atoms with Crippen LogP contribution in [-0.4, -0.2) is 73.1 Å². The SMILES string of the molecule is Cc1ccc(S(=O)(=O)N2CCN(C(=O)CN3C(=O)N[C@](C)(c4ccc5ccccc5c4)C3=O)CC2)cc1. The summed E-state index contributed by atoms with van der Waals surface area (Å²) in [5, 5.41) is 4.70. The van der Waals surface area contributed by atoms with Crippen molar-refractivity contribution in [3.63, 3.8) is 0 Å². The first-order chi connectivity index (χ1) is 17.6. The van der Waals surface area contributed by atoms with Gasteiger partial charge in [-0.3, -0.25) is 14.5 Å². The Labute approximate surface area is 215 Å². The van der Waals surface area contributed by atoms with E-state index in [4.69, 9.17) is 0 Å². The summed E-state index contributed by atoms with van der Waals surface area (Å²) in [7, 11) is -3.66. The van der Waals surface area contributed by atoms with E-state index in [0.29, 0.717) is 5.56 Å². The molecule has 2 heterocycles. The van der Waals surface area contributed by atoms with Crippen molar-refractivity contribution in [3.05, 3.63) is 77.9 Å². The Balaban J connectivity index is 1.25. The highest BCUT2D eigenvalue weighted by molar-refractivity contribution is 7.89. The van der Waals surface area contributed by atoms with Gasteiger partial charge in [-0.15, -0.1) is 0 Å². The summed E-state index contributed by atoms with van der Waals surface area (Å²) in [5.74, 6) is -0.902. The highest BCUT2D eigenvalue weighted by Crippen LogP contribution is 2.31. The first-order valence-electron chi connectivity index (χ1n) is 12.1. The van der Waals surface area contributed by atoms with E-state index in [1.165, 1.54) is 9.21 Å². The predicted molar refractivity (Wildman–Crippen MR) is 138 cm³/mol. The number of hydrogen-bond acceptors (Lipinski definition) is 5. The van der Waals surface area contributed by atoms with E-state index in [-0.39, 0.29) is 31.1 Å². The van der Waals surface area contributed by atoms with Crippen LogP contribution in [0.5, 0.6) is 0 Å². The average Bonchev–Trinajstić information content (AvgIpc) is 3.12. The molecule has 0 unspecified atom stereocenters. The third-order valence-corrected chi connectivity index (χ3v) is 9.06. The molecular weight excluding hydrogens is 492 g/mol. The zero-order valence-corrected chi connectivity index (χ0v) is 21.5. The molecule has 1 atom stereocenters. The molecule has 4 amide bonds. The number of nitrogens with zero attached hydrogens (tertiary/aromatic N) is 3. The maximum absolute atomic E-state index is 13.3. The van der Waals surface area contributed by atoms with Gasteiger partial charge in [0.2, 0.25) is 15.9 Å². The molecule has 0 aliphatic carbocycles. The molecule has 3 aromatic rings. The molecule has 2 aliphatic rings. The summed E-state index contributed by atoms with van der Waals surface area (Å²) in [6, 6.07) is 19.3. The highest BCUT2D eigenvalue weighted by Gasteiger charge is 2.50. The first-order valence-corrected chi connectivity index (χ1v) is 13.5. The number of hydrogen-bond donors (Lipinski definition) is 1. The van der Waals surface area contributed by atoms with Crippen LogP contribution in [0.4, 0.5) is 4.79 Å². The quantitative estimate of drug-likeness (QED) is 0.520. The van der Waals surface area contributed by atoms with E-state index in [1.807, 2.05) is 43.3 Å². The smallest absolute Gasteiger partial charge is 0.325 e. The van der Waals surface area contributed by atoms with Crippen molar-refractivity contribution >= 4 is 38.6 Å². The molecular formula is C27H28N4O5S. The molecule has 2 fully saturated rings. The maximum atomic E-state index is 13.3. The predicted octanol–water partition coefficient (Wildman–Crippen LogP) is 2.45. The van der Waals surface area contributed by atoms with E-state index in [9.17, 15) is 22.8 Å². The van der Waals surface area contributed by atoms with Crippen molar-refractivity contribution in [3.8, 4) is 0 Å². The van der Waals surface area contributed by atoms with Crippen LogP contribution in [0.1, 0.15) is 18.1 Å². The van der Waals surface area contributed by atoms with Gasteiger partial charge in [-0.25, -0.2) is 13.2 Å². The summed E-state index contributed by atoms with van der Waals surface area (Å²) < 4.78 is 27.2. The molecule has 10 heteroatoms. The fourth-order valence-electron chi connectivity index (χ4n) is 4.81. The van der Waals surface area contributed by atoms with Crippen molar-refractivity contribution < 1.29 is 22.8 Å². The third kappa shape index (κ3) is 4.47. The number of aryl methyl sites for hydroxylation is 1. The molecule has 9 nitrogen and oxygen atoms in total. The van der Waals surface area contributed by atoms with Crippen molar-refractivity contribution in [2.75, 3.05) is 32.7 Å². The van der Waals surface area contributed by atoms with E-state index in [1.54, 1.807) is 37.3 Å². The molecule has 0 aromatic heterocycles. The van der Waals surface area contributed by atoms with Crippen LogP contribution in [0, 0.1) is 6.92 Å². The second kappa shape index (κ2) is 9.28. The Morgan fingerprint density at radius 3 is 2.24 bits per heavy atom. The monoisotopic (exact) mass is 520 g/mol. The summed E-state index contributed by atoms with van der Waals surface area (Å²) in [5.41, 5.74) is 0.309. The Hall–Kier alpha value is -3.76. The van der Waals surface area contributed by atoms with Gasteiger partial charge in [-0.05, 0) is 48.4 Å². The minimum atomic E-state index is -3.66. The number of urea groups is 1. The fraction of sp³-hybridized carbons (Fsp3) is 0.296. The summed E-state index contributed by atoms with van der Waals surface area (Å²) in [6.45, 7) is 3.74. The number of carbonyl (C=O) groups excluding carboxylic acids is 3. The van der Waals surface area contributed by atoms with Crippen LogP contribution in [0.2, 0.25) is 0 Å².